The summed E-state index contributed by atoms with van der Waals surface area (Å²) in [6.07, 6.45) is -3.61. The fourth-order valence-electron chi connectivity index (χ4n) is 2.69. The summed E-state index contributed by atoms with van der Waals surface area (Å²) in [5.41, 5.74) is -0.172. The second-order valence-electron chi connectivity index (χ2n) is 6.37. The largest absolute Gasteiger partial charge is 0.465 e. The van der Waals surface area contributed by atoms with Gasteiger partial charge in [-0.2, -0.15) is 13.2 Å². The Bertz CT molecular complexity index is 838. The van der Waals surface area contributed by atoms with E-state index in [1.165, 1.54) is 37.3 Å². The van der Waals surface area contributed by atoms with Crippen LogP contribution in [-0.2, 0) is 22.3 Å². The number of nitrogens with zero attached hydrogens (tertiary/aromatic N) is 1. The average Bonchev–Trinajstić information content (AvgIpc) is 2.70. The number of thioether (sulfide) groups is 1. The molecule has 0 aliphatic rings. The molecule has 2 rings (SSSR count). The standard InChI is InChI=1S/C21H22F3NO3S/c1-25(14-16-6-3-4-7-18(16)21(22,23)24)19(26)8-5-13-29-17-11-9-15(10-12-17)20(27)28-2/h3-4,6-7,9-12H,5,8,13-14H2,1-2H3. The molecule has 0 saturated heterocycles. The van der Waals surface area contributed by atoms with Crippen LogP contribution in [0.2, 0.25) is 0 Å². The molecule has 0 saturated carbocycles. The van der Waals surface area contributed by atoms with Crippen LogP contribution in [0, 0.1) is 0 Å². The highest BCUT2D eigenvalue weighted by atomic mass is 32.2. The summed E-state index contributed by atoms with van der Waals surface area (Å²) in [5, 5.41) is 0. The van der Waals surface area contributed by atoms with Gasteiger partial charge in [0.25, 0.3) is 0 Å². The van der Waals surface area contributed by atoms with Gasteiger partial charge in [0.1, 0.15) is 0 Å². The molecule has 0 unspecified atom stereocenters. The summed E-state index contributed by atoms with van der Waals surface area (Å²) in [6, 6.07) is 12.2. The van der Waals surface area contributed by atoms with Gasteiger partial charge in [-0.05, 0) is 48.1 Å². The maximum Gasteiger partial charge on any atom is 0.416 e. The summed E-state index contributed by atoms with van der Waals surface area (Å²) in [4.78, 5) is 25.9. The first-order valence-corrected chi connectivity index (χ1v) is 9.91. The Morgan fingerprint density at radius 1 is 1.07 bits per heavy atom. The lowest BCUT2D eigenvalue weighted by atomic mass is 10.1. The van der Waals surface area contributed by atoms with Gasteiger partial charge in [-0.15, -0.1) is 11.8 Å². The monoisotopic (exact) mass is 425 g/mol. The maximum atomic E-state index is 13.1. The molecule has 156 valence electrons. The number of amides is 1. The minimum Gasteiger partial charge on any atom is -0.465 e. The Morgan fingerprint density at radius 3 is 2.34 bits per heavy atom. The van der Waals surface area contributed by atoms with Gasteiger partial charge in [-0.3, -0.25) is 4.79 Å². The van der Waals surface area contributed by atoms with Gasteiger partial charge in [-0.1, -0.05) is 18.2 Å². The third-order valence-electron chi connectivity index (χ3n) is 4.24. The summed E-state index contributed by atoms with van der Waals surface area (Å²) >= 11 is 1.54. The van der Waals surface area contributed by atoms with E-state index in [-0.39, 0.29) is 24.4 Å². The van der Waals surface area contributed by atoms with Crippen LogP contribution in [0.25, 0.3) is 0 Å². The van der Waals surface area contributed by atoms with E-state index >= 15 is 0 Å². The third-order valence-corrected chi connectivity index (χ3v) is 5.33. The molecule has 0 heterocycles. The lowest BCUT2D eigenvalue weighted by molar-refractivity contribution is -0.139. The molecule has 0 aromatic heterocycles. The molecule has 2 aromatic carbocycles. The number of methoxy groups -OCH3 is 1. The van der Waals surface area contributed by atoms with E-state index in [0.29, 0.717) is 17.7 Å². The average molecular weight is 425 g/mol. The van der Waals surface area contributed by atoms with Crippen LogP contribution in [-0.4, -0.2) is 36.7 Å². The summed E-state index contributed by atoms with van der Waals surface area (Å²) in [6.45, 7) is -0.0867. The number of ether oxygens (including phenoxy) is 1. The number of esters is 1. The molecule has 1 amide bonds. The molecule has 0 spiro atoms. The van der Waals surface area contributed by atoms with E-state index in [1.54, 1.807) is 36.0 Å². The van der Waals surface area contributed by atoms with Crippen LogP contribution in [0.5, 0.6) is 0 Å². The zero-order valence-corrected chi connectivity index (χ0v) is 17.0. The number of benzene rings is 2. The minimum absolute atomic E-state index is 0.0796. The highest BCUT2D eigenvalue weighted by Gasteiger charge is 2.33. The van der Waals surface area contributed by atoms with Gasteiger partial charge in [0.05, 0.1) is 18.2 Å². The van der Waals surface area contributed by atoms with Crippen molar-refractivity contribution in [2.75, 3.05) is 19.9 Å². The molecule has 0 atom stereocenters. The van der Waals surface area contributed by atoms with Gasteiger partial charge < -0.3 is 9.64 Å². The highest BCUT2D eigenvalue weighted by molar-refractivity contribution is 7.99. The van der Waals surface area contributed by atoms with Gasteiger partial charge in [0, 0.05) is 24.9 Å². The van der Waals surface area contributed by atoms with Crippen LogP contribution in [0.4, 0.5) is 13.2 Å². The predicted octanol–water partition coefficient (Wildman–Crippen LogP) is 5.02. The summed E-state index contributed by atoms with van der Waals surface area (Å²) in [7, 11) is 2.83. The zero-order valence-electron chi connectivity index (χ0n) is 16.2. The third kappa shape index (κ3) is 6.81. The quantitative estimate of drug-likeness (QED) is 0.338. The molecular weight excluding hydrogens is 403 g/mol. The van der Waals surface area contributed by atoms with Gasteiger partial charge in [0.15, 0.2) is 0 Å². The van der Waals surface area contributed by atoms with E-state index in [1.807, 2.05) is 0 Å². The topological polar surface area (TPSA) is 46.6 Å². The Kier molecular flexibility index (Phi) is 8.13. The molecule has 0 bridgehead atoms. The molecule has 0 N–H and O–H groups in total. The Labute approximate surface area is 172 Å². The SMILES string of the molecule is COC(=O)c1ccc(SCCCC(=O)N(C)Cc2ccccc2C(F)(F)F)cc1. The Balaban J connectivity index is 1.80. The van der Waals surface area contributed by atoms with Crippen LogP contribution < -0.4 is 0 Å². The number of halogens is 3. The number of alkyl halides is 3. The molecule has 8 heteroatoms. The normalized spacial score (nSPS) is 11.2. The fraction of sp³-hybridized carbons (Fsp3) is 0.333. The Morgan fingerprint density at radius 2 is 1.72 bits per heavy atom. The first-order chi connectivity index (χ1) is 13.7. The van der Waals surface area contributed by atoms with Gasteiger partial charge in [-0.25, -0.2) is 4.79 Å². The van der Waals surface area contributed by atoms with Gasteiger partial charge in [0.2, 0.25) is 5.91 Å². The first-order valence-electron chi connectivity index (χ1n) is 8.92. The minimum atomic E-state index is -4.44. The zero-order chi connectivity index (χ0) is 21.4. The van der Waals surface area contributed by atoms with Crippen LogP contribution in [0.1, 0.15) is 34.3 Å². The van der Waals surface area contributed by atoms with Crippen LogP contribution in [0.3, 0.4) is 0 Å². The molecule has 0 radical (unpaired) electrons. The van der Waals surface area contributed by atoms with E-state index < -0.39 is 17.7 Å². The summed E-state index contributed by atoms with van der Waals surface area (Å²) < 4.78 is 43.8. The molecular formula is C21H22F3NO3S. The van der Waals surface area contributed by atoms with Crippen molar-refractivity contribution in [2.24, 2.45) is 0 Å². The number of hydrogen-bond donors (Lipinski definition) is 0. The number of carbonyl (C=O) groups excluding carboxylic acids is 2. The van der Waals surface area contributed by atoms with E-state index in [9.17, 15) is 22.8 Å². The Hall–Kier alpha value is -2.48. The number of rotatable bonds is 8. The smallest absolute Gasteiger partial charge is 0.416 e. The number of carbonyl (C=O) groups is 2. The first kappa shape index (κ1) is 22.8. The van der Waals surface area contributed by atoms with Crippen molar-refractivity contribution in [3.05, 3.63) is 65.2 Å². The van der Waals surface area contributed by atoms with Crippen molar-refractivity contribution in [3.63, 3.8) is 0 Å². The lowest BCUT2D eigenvalue weighted by Crippen LogP contribution is -2.27. The second-order valence-corrected chi connectivity index (χ2v) is 7.54. The predicted molar refractivity (Wildman–Crippen MR) is 106 cm³/mol. The van der Waals surface area contributed by atoms with E-state index in [0.717, 1.165) is 11.0 Å². The molecule has 0 fully saturated rings. The fourth-order valence-corrected chi connectivity index (χ4v) is 3.54. The number of hydrogen-bond acceptors (Lipinski definition) is 4. The van der Waals surface area contributed by atoms with Crippen molar-refractivity contribution in [1.29, 1.82) is 0 Å². The molecule has 4 nitrogen and oxygen atoms in total. The maximum absolute atomic E-state index is 13.1. The van der Waals surface area contributed by atoms with E-state index in [4.69, 9.17) is 0 Å². The van der Waals surface area contributed by atoms with Crippen molar-refractivity contribution in [3.8, 4) is 0 Å². The van der Waals surface area contributed by atoms with E-state index in [2.05, 4.69) is 4.74 Å². The summed E-state index contributed by atoms with van der Waals surface area (Å²) in [5.74, 6) is 0.0712. The van der Waals surface area contributed by atoms with Crippen LogP contribution in [0.15, 0.2) is 53.4 Å². The highest BCUT2D eigenvalue weighted by Crippen LogP contribution is 2.32. The molecule has 2 aromatic rings. The van der Waals surface area contributed by atoms with Crippen molar-refractivity contribution < 1.29 is 27.5 Å². The van der Waals surface area contributed by atoms with Crippen molar-refractivity contribution >= 4 is 23.6 Å². The lowest BCUT2D eigenvalue weighted by Gasteiger charge is -2.20. The molecule has 29 heavy (non-hydrogen) atoms. The molecule has 0 aliphatic carbocycles. The van der Waals surface area contributed by atoms with Crippen molar-refractivity contribution in [1.82, 2.24) is 4.90 Å². The second kappa shape index (κ2) is 10.3. The van der Waals surface area contributed by atoms with Crippen LogP contribution >= 0.6 is 11.8 Å². The van der Waals surface area contributed by atoms with Gasteiger partial charge >= 0.3 is 12.1 Å². The van der Waals surface area contributed by atoms with Crippen molar-refractivity contribution in [2.45, 2.75) is 30.5 Å². The molecule has 0 aliphatic heterocycles.